The summed E-state index contributed by atoms with van der Waals surface area (Å²) in [5.74, 6) is 0.512. The van der Waals surface area contributed by atoms with Crippen LogP contribution in [0.5, 0.6) is 5.75 Å². The molecule has 7 heteroatoms. The van der Waals surface area contributed by atoms with Crippen LogP contribution in [0.25, 0.3) is 10.9 Å². The van der Waals surface area contributed by atoms with Gasteiger partial charge in [0.2, 0.25) is 12.2 Å². The van der Waals surface area contributed by atoms with E-state index in [0.29, 0.717) is 18.2 Å². The Morgan fingerprint density at radius 3 is 2.80 bits per heavy atom. The second kappa shape index (κ2) is 7.40. The van der Waals surface area contributed by atoms with Gasteiger partial charge in [-0.15, -0.1) is 0 Å². The minimum absolute atomic E-state index is 0.0960. The first kappa shape index (κ1) is 18.5. The quantitative estimate of drug-likeness (QED) is 0.653. The van der Waals surface area contributed by atoms with Gasteiger partial charge < -0.3 is 14.6 Å². The maximum absolute atomic E-state index is 13.1. The maximum atomic E-state index is 13.1. The number of hydrogen-bond acceptors (Lipinski definition) is 5. The molecule has 0 radical (unpaired) electrons. The van der Waals surface area contributed by atoms with E-state index in [1.807, 2.05) is 30.3 Å². The largest absolute Gasteiger partial charge is 0.507 e. The monoisotopic (exact) mass is 405 g/mol. The molecule has 3 aromatic rings. The summed E-state index contributed by atoms with van der Waals surface area (Å²) in [7, 11) is 1.60. The molecule has 0 saturated heterocycles. The van der Waals surface area contributed by atoms with Crippen molar-refractivity contribution in [1.82, 2.24) is 15.1 Å². The molecule has 0 bridgehead atoms. The van der Waals surface area contributed by atoms with Crippen LogP contribution < -0.4 is 0 Å². The van der Waals surface area contributed by atoms with Crippen molar-refractivity contribution in [2.75, 3.05) is 7.05 Å². The molecule has 1 fully saturated rings. The molecule has 5 rings (SSSR count). The molecule has 1 unspecified atom stereocenters. The maximum Gasteiger partial charge on any atom is 0.264 e. The Bertz CT molecular complexity index is 1120. The Kier molecular flexibility index (Phi) is 4.58. The number of amides is 1. The number of aromatic amines is 1. The highest BCUT2D eigenvalue weighted by atomic mass is 16.7. The second-order valence-electron chi connectivity index (χ2n) is 7.93. The summed E-state index contributed by atoms with van der Waals surface area (Å²) >= 11 is 0. The molecule has 2 N–H and O–H groups in total. The van der Waals surface area contributed by atoms with Crippen LogP contribution in [0.3, 0.4) is 0 Å². The van der Waals surface area contributed by atoms with Crippen LogP contribution in [0.4, 0.5) is 0 Å². The van der Waals surface area contributed by atoms with Crippen molar-refractivity contribution in [3.63, 3.8) is 0 Å². The van der Waals surface area contributed by atoms with E-state index in [2.05, 4.69) is 10.2 Å². The molecule has 0 spiro atoms. The minimum Gasteiger partial charge on any atom is -0.507 e. The van der Waals surface area contributed by atoms with Gasteiger partial charge in [0.1, 0.15) is 12.0 Å². The zero-order chi connectivity index (χ0) is 20.7. The Labute approximate surface area is 173 Å². The standard InChI is InChI=1S/C23H23N3O4/c1-26(21-13-29-22(30-21)10-14-5-3-2-4-6-14)23(28)17-11-16-18(9-15-7-8-15)24-25-19(16)12-20(17)27/h2-6,11-13,15,22,27H,7-10H2,1H3,(H,24,25). The van der Waals surface area contributed by atoms with Gasteiger partial charge in [0.15, 0.2) is 0 Å². The third-order valence-electron chi connectivity index (χ3n) is 5.62. The van der Waals surface area contributed by atoms with E-state index in [0.717, 1.165) is 28.6 Å². The molecule has 1 atom stereocenters. The molecule has 1 saturated carbocycles. The van der Waals surface area contributed by atoms with E-state index in [1.165, 1.54) is 24.0 Å². The lowest BCUT2D eigenvalue weighted by molar-refractivity contribution is -0.0432. The number of ether oxygens (including phenoxy) is 2. The molecule has 154 valence electrons. The summed E-state index contributed by atoms with van der Waals surface area (Å²) in [5.41, 5.74) is 2.95. The summed E-state index contributed by atoms with van der Waals surface area (Å²) in [6.45, 7) is 0. The van der Waals surface area contributed by atoms with Crippen LogP contribution in [0.15, 0.2) is 54.6 Å². The lowest BCUT2D eigenvalue weighted by atomic mass is 10.1. The Morgan fingerprint density at radius 1 is 1.23 bits per heavy atom. The predicted octanol–water partition coefficient (Wildman–Crippen LogP) is 3.71. The molecule has 30 heavy (non-hydrogen) atoms. The number of fused-ring (bicyclic) bond motifs is 1. The van der Waals surface area contributed by atoms with Crippen LogP contribution in [0.2, 0.25) is 0 Å². The fourth-order valence-electron chi connectivity index (χ4n) is 3.69. The zero-order valence-electron chi connectivity index (χ0n) is 16.7. The Balaban J connectivity index is 1.32. The number of nitrogens with zero attached hydrogens (tertiary/aromatic N) is 2. The highest BCUT2D eigenvalue weighted by Crippen LogP contribution is 2.35. The van der Waals surface area contributed by atoms with Crippen molar-refractivity contribution in [3.05, 3.63) is 71.4 Å². The molecule has 1 aliphatic carbocycles. The SMILES string of the molecule is CN(C(=O)c1cc2c(CC3CC3)n[nH]c2cc1O)C1=COC(Cc2ccccc2)O1. The summed E-state index contributed by atoms with van der Waals surface area (Å²) in [4.78, 5) is 14.4. The Morgan fingerprint density at radius 2 is 2.03 bits per heavy atom. The lowest BCUT2D eigenvalue weighted by Crippen LogP contribution is -2.27. The third-order valence-corrected chi connectivity index (χ3v) is 5.62. The van der Waals surface area contributed by atoms with Crippen LogP contribution in [-0.4, -0.2) is 39.4 Å². The van der Waals surface area contributed by atoms with Gasteiger partial charge in [-0.25, -0.2) is 0 Å². The number of aromatic hydroxyl groups is 1. The smallest absolute Gasteiger partial charge is 0.264 e. The molecule has 1 aliphatic heterocycles. The average molecular weight is 405 g/mol. The molecular formula is C23H23N3O4. The number of benzene rings is 2. The van der Waals surface area contributed by atoms with Crippen molar-refractivity contribution in [2.24, 2.45) is 5.92 Å². The van der Waals surface area contributed by atoms with Gasteiger partial charge in [0.25, 0.3) is 5.91 Å². The molecule has 7 nitrogen and oxygen atoms in total. The van der Waals surface area contributed by atoms with E-state index in [1.54, 1.807) is 19.2 Å². The van der Waals surface area contributed by atoms with Crippen LogP contribution in [0, 0.1) is 5.92 Å². The van der Waals surface area contributed by atoms with Gasteiger partial charge in [0, 0.05) is 24.9 Å². The number of phenolic OH excluding ortho intramolecular Hbond substituents is 1. The fraction of sp³-hybridized carbons (Fsp3) is 0.304. The topological polar surface area (TPSA) is 87.7 Å². The third kappa shape index (κ3) is 3.58. The number of hydrogen-bond donors (Lipinski definition) is 2. The van der Waals surface area contributed by atoms with E-state index in [4.69, 9.17) is 9.47 Å². The molecule has 2 heterocycles. The summed E-state index contributed by atoms with van der Waals surface area (Å²) in [6, 6.07) is 13.1. The first-order chi connectivity index (χ1) is 14.6. The number of phenols is 1. The highest BCUT2D eigenvalue weighted by Gasteiger charge is 2.29. The van der Waals surface area contributed by atoms with Gasteiger partial charge in [0.05, 0.1) is 16.8 Å². The Hall–Kier alpha value is -3.48. The minimum atomic E-state index is -0.493. The summed E-state index contributed by atoms with van der Waals surface area (Å²) in [6.07, 6.45) is 4.84. The van der Waals surface area contributed by atoms with Gasteiger partial charge in [-0.3, -0.25) is 14.8 Å². The van der Waals surface area contributed by atoms with Crippen LogP contribution in [0.1, 0.15) is 34.5 Å². The van der Waals surface area contributed by atoms with Crippen molar-refractivity contribution in [3.8, 4) is 5.75 Å². The first-order valence-corrected chi connectivity index (χ1v) is 10.1. The number of aromatic nitrogens is 2. The van der Waals surface area contributed by atoms with E-state index in [-0.39, 0.29) is 17.2 Å². The molecule has 1 aromatic heterocycles. The molecule has 2 aliphatic rings. The van der Waals surface area contributed by atoms with Crippen LogP contribution >= 0.6 is 0 Å². The van der Waals surface area contributed by atoms with Crippen molar-refractivity contribution in [1.29, 1.82) is 0 Å². The van der Waals surface area contributed by atoms with Crippen molar-refractivity contribution in [2.45, 2.75) is 32.0 Å². The zero-order valence-corrected chi connectivity index (χ0v) is 16.7. The number of rotatable bonds is 6. The average Bonchev–Trinajstić information content (AvgIpc) is 3.32. The number of nitrogens with one attached hydrogen (secondary N) is 1. The van der Waals surface area contributed by atoms with E-state index >= 15 is 0 Å². The molecule has 2 aromatic carbocycles. The predicted molar refractivity (Wildman–Crippen MR) is 110 cm³/mol. The van der Waals surface area contributed by atoms with Crippen molar-refractivity contribution >= 4 is 16.8 Å². The van der Waals surface area contributed by atoms with E-state index in [9.17, 15) is 9.90 Å². The summed E-state index contributed by atoms with van der Waals surface area (Å²) in [5, 5.41) is 18.6. The first-order valence-electron chi connectivity index (χ1n) is 10.1. The van der Waals surface area contributed by atoms with Crippen molar-refractivity contribution < 1.29 is 19.4 Å². The number of carbonyl (C=O) groups is 1. The summed E-state index contributed by atoms with van der Waals surface area (Å²) < 4.78 is 11.4. The number of carbonyl (C=O) groups excluding carboxylic acids is 1. The molecular weight excluding hydrogens is 382 g/mol. The van der Waals surface area contributed by atoms with Gasteiger partial charge >= 0.3 is 0 Å². The highest BCUT2D eigenvalue weighted by molar-refractivity contribution is 6.01. The van der Waals surface area contributed by atoms with Gasteiger partial charge in [-0.2, -0.15) is 5.10 Å². The number of H-pyrrole nitrogens is 1. The fourth-order valence-corrected chi connectivity index (χ4v) is 3.69. The van der Waals surface area contributed by atoms with Gasteiger partial charge in [-0.1, -0.05) is 30.3 Å². The second-order valence-corrected chi connectivity index (χ2v) is 7.93. The van der Waals surface area contributed by atoms with Crippen LogP contribution in [-0.2, 0) is 22.3 Å². The normalized spacial score (nSPS) is 18.0. The lowest BCUT2D eigenvalue weighted by Gasteiger charge is -2.19. The van der Waals surface area contributed by atoms with E-state index < -0.39 is 6.29 Å². The molecule has 1 amide bonds. The van der Waals surface area contributed by atoms with Gasteiger partial charge in [-0.05, 0) is 36.8 Å².